The smallest absolute Gasteiger partial charge is 0.338 e. The number of hydrogen-bond donors (Lipinski definition) is 0. The average Bonchev–Trinajstić information content (AvgIpc) is 3.18. The Morgan fingerprint density at radius 3 is 2.86 bits per heavy atom. The molecule has 0 aliphatic carbocycles. The molecule has 22 heavy (non-hydrogen) atoms. The number of thiophene rings is 1. The van der Waals surface area contributed by atoms with E-state index in [1.807, 2.05) is 17.5 Å². The Morgan fingerprint density at radius 1 is 1.27 bits per heavy atom. The van der Waals surface area contributed by atoms with Crippen molar-refractivity contribution >= 4 is 17.3 Å². The fraction of sp³-hybridized carbons (Fsp3) is 0.0714. The fourth-order valence-corrected chi connectivity index (χ4v) is 2.30. The maximum absolute atomic E-state index is 13.0. The van der Waals surface area contributed by atoms with Crippen molar-refractivity contribution in [3.05, 3.63) is 58.8 Å². The zero-order valence-corrected chi connectivity index (χ0v) is 11.8. The van der Waals surface area contributed by atoms with Crippen LogP contribution in [0.15, 0.2) is 40.2 Å². The van der Waals surface area contributed by atoms with Crippen molar-refractivity contribution in [2.45, 2.75) is 6.61 Å². The molecule has 0 saturated heterocycles. The molecule has 0 N–H and O–H groups in total. The molecule has 8 heteroatoms. The first-order valence-corrected chi connectivity index (χ1v) is 7.00. The van der Waals surface area contributed by atoms with Gasteiger partial charge in [-0.05, 0) is 29.6 Å². The molecule has 0 radical (unpaired) electrons. The molecule has 0 fully saturated rings. The number of aromatic nitrogens is 2. The molecule has 0 unspecified atom stereocenters. The van der Waals surface area contributed by atoms with E-state index in [1.54, 1.807) is 0 Å². The van der Waals surface area contributed by atoms with Crippen molar-refractivity contribution in [1.82, 2.24) is 10.1 Å². The lowest BCUT2D eigenvalue weighted by Gasteiger charge is -2.02. The van der Waals surface area contributed by atoms with Crippen molar-refractivity contribution in [2.75, 3.05) is 0 Å². The molecular formula is C14H8F2N2O3S. The van der Waals surface area contributed by atoms with Gasteiger partial charge in [-0.25, -0.2) is 13.6 Å². The molecule has 0 atom stereocenters. The van der Waals surface area contributed by atoms with E-state index in [9.17, 15) is 13.6 Å². The summed E-state index contributed by atoms with van der Waals surface area (Å²) >= 11 is 1.44. The van der Waals surface area contributed by atoms with Crippen LogP contribution in [0.2, 0.25) is 0 Å². The zero-order chi connectivity index (χ0) is 15.5. The second kappa shape index (κ2) is 6.02. The minimum absolute atomic E-state index is 0.100. The number of nitrogens with zero attached hydrogens (tertiary/aromatic N) is 2. The average molecular weight is 322 g/mol. The highest BCUT2D eigenvalue weighted by atomic mass is 32.1. The summed E-state index contributed by atoms with van der Waals surface area (Å²) in [6, 6.07) is 6.42. The fourth-order valence-electron chi connectivity index (χ4n) is 1.65. The van der Waals surface area contributed by atoms with Crippen molar-refractivity contribution < 1.29 is 22.8 Å². The van der Waals surface area contributed by atoms with E-state index in [2.05, 4.69) is 10.1 Å². The zero-order valence-electron chi connectivity index (χ0n) is 11.0. The highest BCUT2D eigenvalue weighted by molar-refractivity contribution is 7.13. The number of ether oxygens (including phenoxy) is 1. The van der Waals surface area contributed by atoms with Gasteiger partial charge in [0.05, 0.1) is 10.4 Å². The van der Waals surface area contributed by atoms with E-state index in [0.29, 0.717) is 5.82 Å². The van der Waals surface area contributed by atoms with Crippen LogP contribution in [0.25, 0.3) is 10.7 Å². The Labute approximate surface area is 127 Å². The van der Waals surface area contributed by atoms with E-state index in [-0.39, 0.29) is 18.1 Å². The Bertz CT molecular complexity index is 802. The highest BCUT2D eigenvalue weighted by Gasteiger charge is 2.14. The molecule has 0 amide bonds. The van der Waals surface area contributed by atoms with Crippen LogP contribution in [0.1, 0.15) is 16.2 Å². The Balaban J connectivity index is 1.65. The summed E-state index contributed by atoms with van der Waals surface area (Å²) < 4.78 is 35.7. The van der Waals surface area contributed by atoms with Crippen LogP contribution in [0, 0.1) is 11.6 Å². The van der Waals surface area contributed by atoms with Crippen molar-refractivity contribution in [2.24, 2.45) is 0 Å². The Hall–Kier alpha value is -2.61. The third kappa shape index (κ3) is 3.01. The molecule has 0 bridgehead atoms. The van der Waals surface area contributed by atoms with Gasteiger partial charge in [0.15, 0.2) is 18.2 Å². The molecule has 112 valence electrons. The summed E-state index contributed by atoms with van der Waals surface area (Å²) in [5.74, 6) is -2.45. The van der Waals surface area contributed by atoms with Crippen LogP contribution in [-0.4, -0.2) is 16.1 Å². The van der Waals surface area contributed by atoms with Gasteiger partial charge < -0.3 is 9.26 Å². The first-order chi connectivity index (χ1) is 10.6. The largest absolute Gasteiger partial charge is 0.452 e. The van der Waals surface area contributed by atoms with Crippen molar-refractivity contribution in [1.29, 1.82) is 0 Å². The molecule has 0 aliphatic rings. The predicted molar refractivity (Wildman–Crippen MR) is 73.1 cm³/mol. The van der Waals surface area contributed by atoms with Crippen LogP contribution in [0.3, 0.4) is 0 Å². The van der Waals surface area contributed by atoms with Gasteiger partial charge in [0.2, 0.25) is 5.82 Å². The van der Waals surface area contributed by atoms with Crippen LogP contribution in [0.4, 0.5) is 8.78 Å². The SMILES string of the molecule is O=C(OCc1nc(-c2cccs2)no1)c1ccc(F)c(F)c1. The van der Waals surface area contributed by atoms with Crippen LogP contribution >= 0.6 is 11.3 Å². The van der Waals surface area contributed by atoms with Crippen molar-refractivity contribution in [3.8, 4) is 10.7 Å². The van der Waals surface area contributed by atoms with E-state index in [1.165, 1.54) is 11.3 Å². The molecule has 5 nitrogen and oxygen atoms in total. The molecule has 0 aliphatic heterocycles. The van der Waals surface area contributed by atoms with Gasteiger partial charge in [0, 0.05) is 0 Å². The van der Waals surface area contributed by atoms with E-state index < -0.39 is 17.6 Å². The molecule has 3 aromatic rings. The number of carbonyl (C=O) groups is 1. The highest BCUT2D eigenvalue weighted by Crippen LogP contribution is 2.21. The van der Waals surface area contributed by atoms with Crippen molar-refractivity contribution in [3.63, 3.8) is 0 Å². The summed E-state index contributed by atoms with van der Waals surface area (Å²) in [6.45, 7) is -0.254. The first-order valence-electron chi connectivity index (χ1n) is 6.12. The van der Waals surface area contributed by atoms with Gasteiger partial charge in [-0.1, -0.05) is 11.2 Å². The Morgan fingerprint density at radius 2 is 2.14 bits per heavy atom. The number of rotatable bonds is 4. The maximum Gasteiger partial charge on any atom is 0.338 e. The number of benzene rings is 1. The van der Waals surface area contributed by atoms with Crippen LogP contribution in [0.5, 0.6) is 0 Å². The lowest BCUT2D eigenvalue weighted by Crippen LogP contribution is -2.06. The van der Waals surface area contributed by atoms with Gasteiger partial charge in [0.1, 0.15) is 0 Å². The molecule has 0 spiro atoms. The van der Waals surface area contributed by atoms with Gasteiger partial charge in [-0.3, -0.25) is 0 Å². The van der Waals surface area contributed by atoms with Gasteiger partial charge in [-0.15, -0.1) is 11.3 Å². The summed E-state index contributed by atoms with van der Waals surface area (Å²) in [5.41, 5.74) is -0.100. The minimum atomic E-state index is -1.12. The van der Waals surface area contributed by atoms with E-state index in [4.69, 9.17) is 9.26 Å². The van der Waals surface area contributed by atoms with Gasteiger partial charge in [0.25, 0.3) is 5.89 Å². The molecule has 2 aromatic heterocycles. The second-order valence-electron chi connectivity index (χ2n) is 4.19. The Kier molecular flexibility index (Phi) is 3.92. The van der Waals surface area contributed by atoms with Crippen LogP contribution < -0.4 is 0 Å². The first kappa shape index (κ1) is 14.3. The quantitative estimate of drug-likeness (QED) is 0.689. The lowest BCUT2D eigenvalue weighted by molar-refractivity contribution is 0.0429. The maximum atomic E-state index is 13.0. The molecular weight excluding hydrogens is 314 g/mol. The third-order valence-electron chi connectivity index (χ3n) is 2.69. The van der Waals surface area contributed by atoms with E-state index >= 15 is 0 Å². The lowest BCUT2D eigenvalue weighted by atomic mass is 10.2. The minimum Gasteiger partial charge on any atom is -0.452 e. The number of carbonyl (C=O) groups excluding carboxylic acids is 1. The van der Waals surface area contributed by atoms with E-state index in [0.717, 1.165) is 23.1 Å². The normalized spacial score (nSPS) is 10.6. The summed E-state index contributed by atoms with van der Waals surface area (Å²) in [6.07, 6.45) is 0. The number of esters is 1. The number of hydrogen-bond acceptors (Lipinski definition) is 6. The monoisotopic (exact) mass is 322 g/mol. The molecule has 3 rings (SSSR count). The molecule has 1 aromatic carbocycles. The topological polar surface area (TPSA) is 65.2 Å². The second-order valence-corrected chi connectivity index (χ2v) is 5.14. The third-order valence-corrected chi connectivity index (χ3v) is 3.56. The summed E-state index contributed by atoms with van der Waals surface area (Å²) in [4.78, 5) is 16.6. The van der Waals surface area contributed by atoms with Crippen LogP contribution in [-0.2, 0) is 11.3 Å². The predicted octanol–water partition coefficient (Wildman–Crippen LogP) is 3.43. The number of halogens is 2. The van der Waals surface area contributed by atoms with Gasteiger partial charge >= 0.3 is 5.97 Å². The molecule has 0 saturated carbocycles. The standard InChI is InChI=1S/C14H8F2N2O3S/c15-9-4-3-8(6-10(9)16)14(19)20-7-12-17-13(18-21-12)11-2-1-5-22-11/h1-6H,7H2. The molecule has 2 heterocycles. The summed E-state index contributed by atoms with van der Waals surface area (Å²) in [7, 11) is 0. The summed E-state index contributed by atoms with van der Waals surface area (Å²) in [5, 5.41) is 5.63. The van der Waals surface area contributed by atoms with Gasteiger partial charge in [-0.2, -0.15) is 4.98 Å².